The highest BCUT2D eigenvalue weighted by atomic mass is 32.1. The Hall–Kier alpha value is -3.54. The highest BCUT2D eigenvalue weighted by molar-refractivity contribution is 7.13. The van der Waals surface area contributed by atoms with E-state index in [-0.39, 0.29) is 24.0 Å². The Balaban J connectivity index is 1.52. The van der Waals surface area contributed by atoms with Gasteiger partial charge < -0.3 is 4.90 Å². The van der Waals surface area contributed by atoms with Crippen molar-refractivity contribution in [3.8, 4) is 10.6 Å². The molecule has 1 N–H and O–H groups in total. The Kier molecular flexibility index (Phi) is 5.31. The topological polar surface area (TPSA) is 114 Å². The Bertz CT molecular complexity index is 1110. The van der Waals surface area contributed by atoms with Gasteiger partial charge in [0, 0.05) is 25.1 Å². The summed E-state index contributed by atoms with van der Waals surface area (Å²) in [4.78, 5) is 37.3. The first-order chi connectivity index (χ1) is 14.4. The summed E-state index contributed by atoms with van der Waals surface area (Å²) in [5, 5.41) is 13.4. The van der Waals surface area contributed by atoms with Gasteiger partial charge in [0.25, 0.3) is 0 Å². The fraction of sp³-hybridized carbons (Fsp3) is 0.222. The van der Waals surface area contributed by atoms with Gasteiger partial charge >= 0.3 is 11.7 Å². The summed E-state index contributed by atoms with van der Waals surface area (Å²) in [6, 6.07) is 4.83. The molecule has 1 saturated heterocycles. The van der Waals surface area contributed by atoms with Crippen LogP contribution in [-0.2, 0) is 0 Å². The van der Waals surface area contributed by atoms with E-state index in [1.54, 1.807) is 0 Å². The van der Waals surface area contributed by atoms with Crippen LogP contribution in [0.5, 0.6) is 0 Å². The van der Waals surface area contributed by atoms with Crippen LogP contribution in [0.2, 0.25) is 0 Å². The number of urea groups is 1. The number of amides is 2. The van der Waals surface area contributed by atoms with Crippen LogP contribution in [0.1, 0.15) is 18.2 Å². The van der Waals surface area contributed by atoms with Crippen LogP contribution in [0, 0.1) is 21.1 Å². The average Bonchev–Trinajstić information content (AvgIpc) is 3.38. The number of aromatic nitrogens is 3. The molecule has 0 bridgehead atoms. The maximum atomic E-state index is 13.3. The second-order valence-electron chi connectivity index (χ2n) is 6.55. The van der Waals surface area contributed by atoms with Gasteiger partial charge in [0.05, 0.1) is 27.9 Å². The molecule has 4 heterocycles. The maximum absolute atomic E-state index is 13.3. The summed E-state index contributed by atoms with van der Waals surface area (Å²) in [6.45, 7) is 0.655. The zero-order valence-corrected chi connectivity index (χ0v) is 16.1. The number of thiophene rings is 1. The molecule has 1 unspecified atom stereocenters. The lowest BCUT2D eigenvalue weighted by Crippen LogP contribution is -2.33. The second-order valence-corrected chi connectivity index (χ2v) is 7.58. The van der Waals surface area contributed by atoms with Crippen molar-refractivity contribution in [2.75, 3.05) is 18.4 Å². The molecule has 154 valence electrons. The van der Waals surface area contributed by atoms with Gasteiger partial charge in [-0.25, -0.2) is 24.1 Å². The maximum Gasteiger partial charge on any atom is 0.323 e. The second kappa shape index (κ2) is 8.06. The highest BCUT2D eigenvalue weighted by Gasteiger charge is 2.30. The van der Waals surface area contributed by atoms with Crippen LogP contribution in [-0.4, -0.2) is 43.9 Å². The van der Waals surface area contributed by atoms with Crippen LogP contribution in [0.3, 0.4) is 0 Å². The molecule has 3 aromatic rings. The molecule has 1 atom stereocenters. The molecule has 1 fully saturated rings. The summed E-state index contributed by atoms with van der Waals surface area (Å²) >= 11 is 0.844. The number of hydrogen-bond donors (Lipinski definition) is 1. The molecule has 30 heavy (non-hydrogen) atoms. The fourth-order valence-electron chi connectivity index (χ4n) is 3.15. The molecule has 9 nitrogen and oxygen atoms in total. The number of pyridine rings is 1. The predicted molar refractivity (Wildman–Crippen MR) is 104 cm³/mol. The van der Waals surface area contributed by atoms with Crippen molar-refractivity contribution in [1.82, 2.24) is 19.9 Å². The fourth-order valence-corrected chi connectivity index (χ4v) is 3.85. The molecular weight excluding hydrogens is 418 g/mol. The number of nitrogens with one attached hydrogen (secondary N) is 1. The van der Waals surface area contributed by atoms with Crippen LogP contribution in [0.25, 0.3) is 10.6 Å². The minimum absolute atomic E-state index is 0.167. The molecule has 0 radical (unpaired) electrons. The number of nitrogens with zero attached hydrogens (tertiary/aromatic N) is 5. The van der Waals surface area contributed by atoms with E-state index in [0.29, 0.717) is 29.4 Å². The Labute approximate surface area is 172 Å². The van der Waals surface area contributed by atoms with Crippen molar-refractivity contribution in [1.29, 1.82) is 0 Å². The molecular formula is C18H14F2N6O3S. The number of nitro groups is 1. The summed E-state index contributed by atoms with van der Waals surface area (Å²) in [6.07, 6.45) is 2.71. The number of carbonyl (C=O) groups is 1. The van der Waals surface area contributed by atoms with E-state index in [9.17, 15) is 23.7 Å². The van der Waals surface area contributed by atoms with Gasteiger partial charge in [-0.15, -0.1) is 11.3 Å². The monoisotopic (exact) mass is 432 g/mol. The highest BCUT2D eigenvalue weighted by Crippen LogP contribution is 2.31. The van der Waals surface area contributed by atoms with E-state index in [4.69, 9.17) is 0 Å². The minimum atomic E-state index is -0.652. The number of likely N-dealkylation sites (tertiary alicyclic amines) is 1. The molecule has 0 spiro atoms. The third-order valence-electron chi connectivity index (χ3n) is 4.60. The number of anilines is 1. The molecule has 0 aromatic carbocycles. The normalized spacial score (nSPS) is 15.9. The lowest BCUT2D eigenvalue weighted by Gasteiger charge is -2.17. The first-order valence-electron chi connectivity index (χ1n) is 8.85. The quantitative estimate of drug-likeness (QED) is 0.495. The molecule has 12 heteroatoms. The van der Waals surface area contributed by atoms with Crippen LogP contribution >= 0.6 is 11.3 Å². The first-order valence-corrected chi connectivity index (χ1v) is 9.67. The molecule has 3 aromatic heterocycles. The Morgan fingerprint density at radius 3 is 2.67 bits per heavy atom. The lowest BCUT2D eigenvalue weighted by molar-refractivity contribution is -0.384. The van der Waals surface area contributed by atoms with E-state index >= 15 is 0 Å². The summed E-state index contributed by atoms with van der Waals surface area (Å²) < 4.78 is 26.3. The average molecular weight is 432 g/mol. The molecule has 1 aliphatic rings. The summed E-state index contributed by atoms with van der Waals surface area (Å²) in [5.74, 6) is -0.509. The standard InChI is InChI=1S/C18H14F2N6O3S/c19-11-7-21-16(22-8-11)10-5-6-25(9-10)18(27)24-17-13(26(28)29)2-1-12(23-17)14-3-4-15(20)30-14/h1-4,7-8,10H,5-6,9H2,(H,23,24,27). The summed E-state index contributed by atoms with van der Waals surface area (Å²) in [7, 11) is 0. The van der Waals surface area contributed by atoms with Gasteiger partial charge in [0.1, 0.15) is 5.82 Å². The number of hydrogen-bond acceptors (Lipinski definition) is 7. The number of carbonyl (C=O) groups excluding carboxylic acids is 1. The summed E-state index contributed by atoms with van der Waals surface area (Å²) in [5.41, 5.74) is -0.0643. The van der Waals surface area contributed by atoms with Gasteiger partial charge in [-0.2, -0.15) is 4.39 Å². The molecule has 4 rings (SSSR count). The molecule has 0 aliphatic carbocycles. The third kappa shape index (κ3) is 4.08. The molecule has 2 amide bonds. The van der Waals surface area contributed by atoms with E-state index in [0.717, 1.165) is 23.7 Å². The first kappa shape index (κ1) is 19.8. The zero-order valence-electron chi connectivity index (χ0n) is 15.3. The largest absolute Gasteiger partial charge is 0.324 e. The van der Waals surface area contributed by atoms with Crippen LogP contribution < -0.4 is 5.32 Å². The van der Waals surface area contributed by atoms with E-state index < -0.39 is 21.9 Å². The van der Waals surface area contributed by atoms with E-state index in [2.05, 4.69) is 20.3 Å². The third-order valence-corrected chi connectivity index (χ3v) is 5.50. The number of rotatable bonds is 4. The van der Waals surface area contributed by atoms with Crippen molar-refractivity contribution in [2.45, 2.75) is 12.3 Å². The van der Waals surface area contributed by atoms with E-state index in [1.165, 1.54) is 29.2 Å². The van der Waals surface area contributed by atoms with Crippen molar-refractivity contribution >= 4 is 28.9 Å². The Morgan fingerprint density at radius 2 is 2.00 bits per heavy atom. The van der Waals surface area contributed by atoms with Crippen molar-refractivity contribution in [3.05, 3.63) is 63.5 Å². The van der Waals surface area contributed by atoms with Gasteiger partial charge in [0.2, 0.25) is 5.82 Å². The van der Waals surface area contributed by atoms with E-state index in [1.807, 2.05) is 0 Å². The predicted octanol–water partition coefficient (Wildman–Crippen LogP) is 3.81. The Morgan fingerprint density at radius 1 is 1.23 bits per heavy atom. The molecule has 1 aliphatic heterocycles. The van der Waals surface area contributed by atoms with Crippen molar-refractivity contribution in [2.24, 2.45) is 0 Å². The SMILES string of the molecule is O=C(Nc1nc(-c2ccc(F)s2)ccc1[N+](=O)[O-])N1CCC(c2ncc(F)cn2)C1. The zero-order chi connectivity index (χ0) is 21.3. The number of halogens is 2. The van der Waals surface area contributed by atoms with Crippen LogP contribution in [0.4, 0.5) is 25.1 Å². The van der Waals surface area contributed by atoms with Crippen molar-refractivity contribution < 1.29 is 18.5 Å². The van der Waals surface area contributed by atoms with Gasteiger partial charge in [-0.05, 0) is 24.6 Å². The van der Waals surface area contributed by atoms with Gasteiger partial charge in [0.15, 0.2) is 10.9 Å². The van der Waals surface area contributed by atoms with Crippen LogP contribution in [0.15, 0.2) is 36.7 Å². The minimum Gasteiger partial charge on any atom is -0.324 e. The molecule has 0 saturated carbocycles. The van der Waals surface area contributed by atoms with Gasteiger partial charge in [-0.1, -0.05) is 0 Å². The van der Waals surface area contributed by atoms with Gasteiger partial charge in [-0.3, -0.25) is 15.4 Å². The lowest BCUT2D eigenvalue weighted by atomic mass is 10.1. The smallest absolute Gasteiger partial charge is 0.323 e. The van der Waals surface area contributed by atoms with Crippen molar-refractivity contribution in [3.63, 3.8) is 0 Å².